The molecule has 236 valence electrons. The monoisotopic (exact) mass is 628 g/mol. The molecular weight excluding hydrogens is 600 g/mol. The molecule has 3 aromatic carbocycles. The first-order chi connectivity index (χ1) is 21.7. The minimum atomic E-state index is -2.17. The minimum absolute atomic E-state index is 0.0698. The smallest absolute Gasteiger partial charge is 0.413 e. The summed E-state index contributed by atoms with van der Waals surface area (Å²) in [5.41, 5.74) is 0.290. The topological polar surface area (TPSA) is 158 Å². The zero-order valence-electron chi connectivity index (χ0n) is 25.0. The Morgan fingerprint density at radius 1 is 0.435 bits per heavy atom. The van der Waals surface area contributed by atoms with Crippen molar-refractivity contribution in [2.24, 2.45) is 0 Å². The highest BCUT2D eigenvalue weighted by molar-refractivity contribution is 5.94. The Morgan fingerprint density at radius 3 is 0.848 bits per heavy atom. The molecule has 0 fully saturated rings. The Kier molecular flexibility index (Phi) is 11.5. The summed E-state index contributed by atoms with van der Waals surface area (Å²) in [5, 5.41) is 0. The lowest BCUT2D eigenvalue weighted by Gasteiger charge is -2.18. The number of carbonyl (C=O) groups is 6. The molecule has 0 saturated carbocycles. The second-order valence-electron chi connectivity index (χ2n) is 9.59. The van der Waals surface area contributed by atoms with Gasteiger partial charge in [-0.1, -0.05) is 19.7 Å². The lowest BCUT2D eigenvalue weighted by molar-refractivity contribution is -0.202. The summed E-state index contributed by atoms with van der Waals surface area (Å²) in [7, 11) is 0. The quantitative estimate of drug-likeness (QED) is 0.111. The van der Waals surface area contributed by atoms with Gasteiger partial charge in [-0.3, -0.25) is 0 Å². The molecule has 0 unspecified atom stereocenters. The molecule has 0 aliphatic rings. The maximum Gasteiger partial charge on any atom is 0.413 e. The third-order valence-corrected chi connectivity index (χ3v) is 5.56. The average Bonchev–Trinajstić information content (AvgIpc) is 3.01. The minimum Gasteiger partial charge on any atom is -0.423 e. The molecule has 46 heavy (non-hydrogen) atoms. The van der Waals surface area contributed by atoms with Crippen molar-refractivity contribution in [2.45, 2.75) is 27.2 Å². The van der Waals surface area contributed by atoms with E-state index in [1.807, 2.05) is 0 Å². The van der Waals surface area contributed by atoms with Crippen molar-refractivity contribution in [3.63, 3.8) is 0 Å². The second-order valence-corrected chi connectivity index (χ2v) is 9.59. The molecule has 0 spiro atoms. The summed E-state index contributed by atoms with van der Waals surface area (Å²) in [6.07, 6.45) is 0. The van der Waals surface area contributed by atoms with Crippen LogP contribution in [0.5, 0.6) is 17.2 Å². The van der Waals surface area contributed by atoms with Crippen molar-refractivity contribution in [3.8, 4) is 17.2 Å². The van der Waals surface area contributed by atoms with Crippen LogP contribution in [-0.2, 0) is 28.6 Å². The number of esters is 6. The van der Waals surface area contributed by atoms with Gasteiger partial charge in [-0.2, -0.15) is 0 Å². The van der Waals surface area contributed by atoms with E-state index >= 15 is 0 Å². The van der Waals surface area contributed by atoms with Crippen LogP contribution in [0.3, 0.4) is 0 Å². The van der Waals surface area contributed by atoms with Gasteiger partial charge in [-0.25, -0.2) is 28.8 Å². The Morgan fingerprint density at radius 2 is 0.652 bits per heavy atom. The summed E-state index contributed by atoms with van der Waals surface area (Å²) in [5.74, 6) is -4.83. The van der Waals surface area contributed by atoms with E-state index in [0.717, 1.165) is 0 Å². The van der Waals surface area contributed by atoms with Crippen molar-refractivity contribution in [2.75, 3.05) is 0 Å². The Hall–Kier alpha value is -6.30. The number of benzene rings is 3. The Bertz CT molecular complexity index is 1490. The highest BCUT2D eigenvalue weighted by Crippen LogP contribution is 2.20. The van der Waals surface area contributed by atoms with Gasteiger partial charge in [0.05, 0.1) is 16.7 Å². The number of ether oxygens (including phenoxy) is 6. The van der Waals surface area contributed by atoms with Gasteiger partial charge >= 0.3 is 42.3 Å². The molecule has 0 aliphatic carbocycles. The van der Waals surface area contributed by atoms with E-state index in [1.165, 1.54) is 93.6 Å². The van der Waals surface area contributed by atoms with Gasteiger partial charge in [-0.15, -0.1) is 0 Å². The van der Waals surface area contributed by atoms with Crippen molar-refractivity contribution >= 4 is 35.8 Å². The highest BCUT2D eigenvalue weighted by Gasteiger charge is 2.26. The maximum absolute atomic E-state index is 12.9. The number of hydrogen-bond donors (Lipinski definition) is 0. The average molecular weight is 629 g/mol. The van der Waals surface area contributed by atoms with Gasteiger partial charge in [0.25, 0.3) is 0 Å². The molecule has 0 N–H and O–H groups in total. The van der Waals surface area contributed by atoms with Crippen molar-refractivity contribution < 1.29 is 57.2 Å². The van der Waals surface area contributed by atoms with Gasteiger partial charge in [0, 0.05) is 16.7 Å². The summed E-state index contributed by atoms with van der Waals surface area (Å²) in [6, 6.07) is 15.5. The molecule has 3 rings (SSSR count). The van der Waals surface area contributed by atoms with Crippen molar-refractivity contribution in [1.29, 1.82) is 0 Å². The first kappa shape index (κ1) is 34.2. The molecule has 0 radical (unpaired) electrons. The Labute approximate surface area is 263 Å². The van der Waals surface area contributed by atoms with Crippen LogP contribution in [0.25, 0.3) is 0 Å². The first-order valence-corrected chi connectivity index (χ1v) is 13.3. The molecule has 0 heterocycles. The fourth-order valence-electron chi connectivity index (χ4n) is 3.10. The number of hydrogen-bond acceptors (Lipinski definition) is 12. The van der Waals surface area contributed by atoms with Crippen molar-refractivity contribution in [3.05, 3.63) is 126 Å². The van der Waals surface area contributed by atoms with E-state index in [4.69, 9.17) is 28.4 Å². The zero-order chi connectivity index (χ0) is 34.0. The van der Waals surface area contributed by atoms with E-state index in [9.17, 15) is 28.8 Å². The van der Waals surface area contributed by atoms with Crippen LogP contribution in [-0.4, -0.2) is 42.3 Å². The van der Waals surface area contributed by atoms with Crippen LogP contribution in [0, 0.1) is 0 Å². The largest absolute Gasteiger partial charge is 0.423 e. The van der Waals surface area contributed by atoms with E-state index in [0.29, 0.717) is 0 Å². The predicted octanol–water partition coefficient (Wildman–Crippen LogP) is 5.29. The summed E-state index contributed by atoms with van der Waals surface area (Å²) < 4.78 is 30.8. The van der Waals surface area contributed by atoms with Gasteiger partial charge < -0.3 is 28.4 Å². The fourth-order valence-corrected chi connectivity index (χ4v) is 3.10. The number of carbonyl (C=O) groups excluding carboxylic acids is 6. The van der Waals surface area contributed by atoms with Gasteiger partial charge in [-0.05, 0) is 93.6 Å². The predicted molar refractivity (Wildman–Crippen MR) is 161 cm³/mol. The van der Waals surface area contributed by atoms with Crippen LogP contribution in [0.1, 0.15) is 51.8 Å². The molecule has 0 saturated heterocycles. The Balaban J connectivity index is 1.78. The molecule has 0 aromatic heterocycles. The van der Waals surface area contributed by atoms with E-state index in [2.05, 4.69) is 19.7 Å². The van der Waals surface area contributed by atoms with Gasteiger partial charge in [0.15, 0.2) is 0 Å². The third kappa shape index (κ3) is 9.88. The molecule has 0 bridgehead atoms. The molecule has 0 amide bonds. The molecule has 12 nitrogen and oxygen atoms in total. The summed E-state index contributed by atoms with van der Waals surface area (Å²) in [6.45, 7) is 12.7. The standard InChI is InChI=1S/C34H28O12/c1-19(2)28(35)41-25-13-7-22(8-14-25)31(38)44-34(45-32(39)23-9-15-26(16-10-23)42-29(36)20(3)4)46-33(40)24-11-17-27(18-12-24)43-30(37)21(5)6/h7-18,34H,1,3,5H2,2,4,6H3. The summed E-state index contributed by atoms with van der Waals surface area (Å²) >= 11 is 0. The second kappa shape index (κ2) is 15.4. The molecule has 3 aromatic rings. The maximum atomic E-state index is 12.9. The van der Waals surface area contributed by atoms with Crippen LogP contribution >= 0.6 is 0 Å². The molecule has 0 atom stereocenters. The lowest BCUT2D eigenvalue weighted by Crippen LogP contribution is -2.30. The third-order valence-electron chi connectivity index (χ3n) is 5.56. The van der Waals surface area contributed by atoms with Gasteiger partial charge in [0.2, 0.25) is 0 Å². The number of rotatable bonds is 12. The zero-order valence-corrected chi connectivity index (χ0v) is 25.0. The molecular formula is C34H28O12. The molecule has 12 heteroatoms. The van der Waals surface area contributed by atoms with Crippen molar-refractivity contribution in [1.82, 2.24) is 0 Å². The van der Waals surface area contributed by atoms with Gasteiger partial charge in [0.1, 0.15) is 17.2 Å². The summed E-state index contributed by atoms with van der Waals surface area (Å²) in [4.78, 5) is 73.9. The first-order valence-electron chi connectivity index (χ1n) is 13.3. The van der Waals surface area contributed by atoms with E-state index < -0.39 is 42.3 Å². The van der Waals surface area contributed by atoms with Crippen LogP contribution < -0.4 is 14.2 Å². The van der Waals surface area contributed by atoms with Crippen LogP contribution in [0.2, 0.25) is 0 Å². The SMILES string of the molecule is C=C(C)C(=O)Oc1ccc(C(=O)OC(OC(=O)c2ccc(OC(=O)C(=C)C)cc2)OC(=O)c2ccc(OC(=O)C(=C)C)cc2)cc1. The van der Waals surface area contributed by atoms with Crippen LogP contribution in [0.4, 0.5) is 0 Å². The van der Waals surface area contributed by atoms with E-state index in [-0.39, 0.29) is 50.7 Å². The highest BCUT2D eigenvalue weighted by atomic mass is 16.9. The van der Waals surface area contributed by atoms with Crippen LogP contribution in [0.15, 0.2) is 109 Å². The lowest BCUT2D eigenvalue weighted by atomic mass is 10.2. The molecule has 0 aliphatic heterocycles. The van der Waals surface area contributed by atoms with E-state index in [1.54, 1.807) is 0 Å². The normalized spacial score (nSPS) is 10.2. The fraction of sp³-hybridized carbons (Fsp3) is 0.118.